The fourth-order valence-electron chi connectivity index (χ4n) is 1.78. The Bertz CT molecular complexity index is 589. The van der Waals surface area contributed by atoms with Crippen LogP contribution in [0.15, 0.2) is 30.5 Å². The van der Waals surface area contributed by atoms with Crippen LogP contribution in [0.4, 0.5) is 5.69 Å². The van der Waals surface area contributed by atoms with E-state index in [0.29, 0.717) is 11.7 Å². The molecule has 0 saturated heterocycles. The minimum Gasteiger partial charge on any atom is -0.357 e. The average Bonchev–Trinajstić information content (AvgIpc) is 2.77. The van der Waals surface area contributed by atoms with Crippen molar-refractivity contribution in [1.29, 1.82) is 0 Å². The van der Waals surface area contributed by atoms with E-state index in [9.17, 15) is 0 Å². The highest BCUT2D eigenvalue weighted by Gasteiger charge is 2.03. The summed E-state index contributed by atoms with van der Waals surface area (Å²) < 4.78 is 1.83. The van der Waals surface area contributed by atoms with Crippen LogP contribution in [0.25, 0.3) is 0 Å². The smallest absolute Gasteiger partial charge is 0.171 e. The molecule has 1 aromatic carbocycles. The van der Waals surface area contributed by atoms with E-state index in [1.807, 2.05) is 17.8 Å². The average molecular weight is 274 g/mol. The zero-order valence-electron chi connectivity index (χ0n) is 11.4. The predicted molar refractivity (Wildman–Crippen MR) is 82.2 cm³/mol. The van der Waals surface area contributed by atoms with Gasteiger partial charge in [0.25, 0.3) is 0 Å². The van der Waals surface area contributed by atoms with Gasteiger partial charge in [-0.1, -0.05) is 12.1 Å². The lowest BCUT2D eigenvalue weighted by atomic mass is 10.1. The molecule has 0 aliphatic heterocycles. The van der Waals surface area contributed by atoms with Gasteiger partial charge < -0.3 is 10.6 Å². The summed E-state index contributed by atoms with van der Waals surface area (Å²) in [6.07, 6.45) is 1.78. The first-order valence-electron chi connectivity index (χ1n) is 6.15. The Kier molecular flexibility index (Phi) is 4.16. The molecule has 1 heterocycles. The maximum Gasteiger partial charge on any atom is 0.171 e. The third kappa shape index (κ3) is 3.54. The molecule has 5 heteroatoms. The van der Waals surface area contributed by atoms with Crippen molar-refractivity contribution < 1.29 is 0 Å². The highest BCUT2D eigenvalue weighted by molar-refractivity contribution is 7.80. The van der Waals surface area contributed by atoms with Gasteiger partial charge in [0.15, 0.2) is 5.11 Å². The van der Waals surface area contributed by atoms with Crippen molar-refractivity contribution in [2.45, 2.75) is 20.4 Å². The molecule has 0 aliphatic rings. The van der Waals surface area contributed by atoms with Crippen LogP contribution in [-0.4, -0.2) is 14.9 Å². The first-order valence-corrected chi connectivity index (χ1v) is 6.56. The van der Waals surface area contributed by atoms with Crippen LogP contribution in [0.2, 0.25) is 0 Å². The second-order valence-corrected chi connectivity index (χ2v) is 4.98. The van der Waals surface area contributed by atoms with Gasteiger partial charge in [-0.3, -0.25) is 4.68 Å². The molecule has 1 aromatic heterocycles. The largest absolute Gasteiger partial charge is 0.357 e. The highest BCUT2D eigenvalue weighted by Crippen LogP contribution is 2.16. The van der Waals surface area contributed by atoms with E-state index >= 15 is 0 Å². The fraction of sp³-hybridized carbons (Fsp3) is 0.286. The lowest BCUT2D eigenvalue weighted by Crippen LogP contribution is -2.29. The van der Waals surface area contributed by atoms with Crippen molar-refractivity contribution in [2.75, 3.05) is 5.32 Å². The zero-order valence-corrected chi connectivity index (χ0v) is 12.2. The van der Waals surface area contributed by atoms with Gasteiger partial charge in [0, 0.05) is 18.9 Å². The number of nitrogens with one attached hydrogen (secondary N) is 2. The standard InChI is InChI=1S/C14H18N4S/c1-10-4-5-11(2)13(8-10)17-14(19)15-9-12-6-7-16-18(12)3/h4-8H,9H2,1-3H3,(H2,15,17,19). The van der Waals surface area contributed by atoms with Crippen LogP contribution in [0, 0.1) is 13.8 Å². The fourth-order valence-corrected chi connectivity index (χ4v) is 1.96. The summed E-state index contributed by atoms with van der Waals surface area (Å²) in [7, 11) is 1.91. The van der Waals surface area contributed by atoms with Crippen LogP contribution in [0.5, 0.6) is 0 Å². The molecule has 19 heavy (non-hydrogen) atoms. The normalized spacial score (nSPS) is 10.3. The van der Waals surface area contributed by atoms with Gasteiger partial charge in [0.1, 0.15) is 0 Å². The number of anilines is 1. The number of nitrogens with zero attached hydrogens (tertiary/aromatic N) is 2. The van der Waals surface area contributed by atoms with Gasteiger partial charge in [0.2, 0.25) is 0 Å². The summed E-state index contributed by atoms with van der Waals surface area (Å²) in [5.41, 5.74) is 4.52. The molecule has 0 aliphatic carbocycles. The number of rotatable bonds is 3. The van der Waals surface area contributed by atoms with E-state index in [1.165, 1.54) is 11.1 Å². The maximum atomic E-state index is 5.30. The maximum absolute atomic E-state index is 5.30. The van der Waals surface area contributed by atoms with E-state index < -0.39 is 0 Å². The molecule has 0 saturated carbocycles. The molecule has 100 valence electrons. The monoisotopic (exact) mass is 274 g/mol. The Morgan fingerprint density at radius 2 is 2.11 bits per heavy atom. The number of thiocarbonyl (C=S) groups is 1. The van der Waals surface area contributed by atoms with Crippen molar-refractivity contribution in [1.82, 2.24) is 15.1 Å². The molecule has 0 spiro atoms. The number of hydrogen-bond donors (Lipinski definition) is 2. The molecule has 0 fully saturated rings. The Morgan fingerprint density at radius 3 is 2.79 bits per heavy atom. The first kappa shape index (κ1) is 13.5. The van der Waals surface area contributed by atoms with Gasteiger partial charge in [-0.15, -0.1) is 0 Å². The van der Waals surface area contributed by atoms with E-state index in [4.69, 9.17) is 12.2 Å². The molecule has 4 nitrogen and oxygen atoms in total. The molecule has 0 atom stereocenters. The molecular formula is C14H18N4S. The molecule has 2 rings (SSSR count). The molecule has 2 N–H and O–H groups in total. The van der Waals surface area contributed by atoms with Crippen LogP contribution in [0.1, 0.15) is 16.8 Å². The minimum atomic E-state index is 0.620. The van der Waals surface area contributed by atoms with Gasteiger partial charge in [0.05, 0.1) is 12.2 Å². The van der Waals surface area contributed by atoms with Crippen molar-refractivity contribution in [3.05, 3.63) is 47.3 Å². The second kappa shape index (κ2) is 5.84. The summed E-state index contributed by atoms with van der Waals surface area (Å²) in [6.45, 7) is 4.79. The van der Waals surface area contributed by atoms with E-state index in [2.05, 4.69) is 47.8 Å². The summed E-state index contributed by atoms with van der Waals surface area (Å²) in [6, 6.07) is 8.23. The van der Waals surface area contributed by atoms with Gasteiger partial charge in [-0.25, -0.2) is 0 Å². The summed E-state index contributed by atoms with van der Waals surface area (Å²) in [4.78, 5) is 0. The Hall–Kier alpha value is -1.88. The molecule has 0 unspecified atom stereocenters. The number of aromatic nitrogens is 2. The highest BCUT2D eigenvalue weighted by atomic mass is 32.1. The van der Waals surface area contributed by atoms with Crippen LogP contribution < -0.4 is 10.6 Å². The third-order valence-corrected chi connectivity index (χ3v) is 3.24. The zero-order chi connectivity index (χ0) is 13.8. The van der Waals surface area contributed by atoms with E-state index in [0.717, 1.165) is 11.4 Å². The third-order valence-electron chi connectivity index (χ3n) is 2.99. The SMILES string of the molecule is Cc1ccc(C)c(NC(=S)NCc2ccnn2C)c1. The van der Waals surface area contributed by atoms with Crippen LogP contribution >= 0.6 is 12.2 Å². The van der Waals surface area contributed by atoms with Crippen LogP contribution in [-0.2, 0) is 13.6 Å². The lowest BCUT2D eigenvalue weighted by molar-refractivity contribution is 0.695. The van der Waals surface area contributed by atoms with Crippen molar-refractivity contribution >= 4 is 23.0 Å². The van der Waals surface area contributed by atoms with Gasteiger partial charge in [-0.2, -0.15) is 5.10 Å². The topological polar surface area (TPSA) is 41.9 Å². The quantitative estimate of drug-likeness (QED) is 0.844. The van der Waals surface area contributed by atoms with Crippen molar-refractivity contribution in [3.63, 3.8) is 0 Å². The Balaban J connectivity index is 1.94. The Morgan fingerprint density at radius 1 is 1.32 bits per heavy atom. The van der Waals surface area contributed by atoms with E-state index in [-0.39, 0.29) is 0 Å². The van der Waals surface area contributed by atoms with Gasteiger partial charge in [-0.05, 0) is 49.3 Å². The molecule has 0 bridgehead atoms. The summed E-state index contributed by atoms with van der Waals surface area (Å²) in [5.74, 6) is 0. The predicted octanol–water partition coefficient (Wildman–Crippen LogP) is 2.52. The molecule has 0 amide bonds. The molecule has 2 aromatic rings. The first-order chi connectivity index (χ1) is 9.06. The minimum absolute atomic E-state index is 0.620. The Labute approximate surface area is 118 Å². The van der Waals surface area contributed by atoms with Crippen molar-refractivity contribution in [2.24, 2.45) is 7.05 Å². The van der Waals surface area contributed by atoms with Gasteiger partial charge >= 0.3 is 0 Å². The summed E-state index contributed by atoms with van der Waals surface area (Å²) >= 11 is 5.30. The van der Waals surface area contributed by atoms with E-state index in [1.54, 1.807) is 6.20 Å². The number of benzene rings is 1. The van der Waals surface area contributed by atoms with Crippen LogP contribution in [0.3, 0.4) is 0 Å². The second-order valence-electron chi connectivity index (χ2n) is 4.57. The number of aryl methyl sites for hydroxylation is 3. The molecule has 0 radical (unpaired) electrons. The lowest BCUT2D eigenvalue weighted by Gasteiger charge is -2.13. The number of hydrogen-bond acceptors (Lipinski definition) is 2. The van der Waals surface area contributed by atoms with Crippen molar-refractivity contribution in [3.8, 4) is 0 Å². The molecular weight excluding hydrogens is 256 g/mol. The summed E-state index contributed by atoms with van der Waals surface area (Å²) in [5, 5.41) is 11.1.